The second-order valence-electron chi connectivity index (χ2n) is 5.15. The highest BCUT2D eigenvalue weighted by Gasteiger charge is 2.13. The van der Waals surface area contributed by atoms with Crippen molar-refractivity contribution in [1.29, 1.82) is 0 Å². The summed E-state index contributed by atoms with van der Waals surface area (Å²) in [5.41, 5.74) is 5.76. The Balaban J connectivity index is 3.45. The smallest absolute Gasteiger partial charge is 0.236 e. The first-order valence-corrected chi connectivity index (χ1v) is 6.58. The van der Waals surface area contributed by atoms with Gasteiger partial charge in [-0.05, 0) is 39.0 Å². The third-order valence-corrected chi connectivity index (χ3v) is 2.38. The molecule has 0 aliphatic heterocycles. The summed E-state index contributed by atoms with van der Waals surface area (Å²) >= 11 is 0. The molecule has 4 nitrogen and oxygen atoms in total. The monoisotopic (exact) mass is 244 g/mol. The molecule has 0 rings (SSSR count). The van der Waals surface area contributed by atoms with Crippen LogP contribution in [-0.2, 0) is 9.53 Å². The minimum atomic E-state index is -0.373. The van der Waals surface area contributed by atoms with Crippen molar-refractivity contribution in [1.82, 2.24) is 5.32 Å². The molecule has 0 bridgehead atoms. The third kappa shape index (κ3) is 10.3. The van der Waals surface area contributed by atoms with E-state index in [9.17, 15) is 4.79 Å². The molecule has 1 amide bonds. The number of amides is 1. The summed E-state index contributed by atoms with van der Waals surface area (Å²) in [6.45, 7) is 9.61. The van der Waals surface area contributed by atoms with Gasteiger partial charge in [-0.3, -0.25) is 4.79 Å². The highest BCUT2D eigenvalue weighted by Crippen LogP contribution is 2.02. The number of unbranched alkanes of at least 4 members (excludes halogenated alkanes) is 1. The van der Waals surface area contributed by atoms with E-state index in [2.05, 4.69) is 19.2 Å². The first-order valence-electron chi connectivity index (χ1n) is 6.58. The Labute approximate surface area is 105 Å². The van der Waals surface area contributed by atoms with Gasteiger partial charge < -0.3 is 15.8 Å². The normalized spacial score (nSPS) is 13.1. The predicted molar refractivity (Wildman–Crippen MR) is 70.8 cm³/mol. The quantitative estimate of drug-likeness (QED) is 0.607. The van der Waals surface area contributed by atoms with Crippen molar-refractivity contribution < 1.29 is 9.53 Å². The van der Waals surface area contributed by atoms with Crippen LogP contribution in [0.3, 0.4) is 0 Å². The molecule has 0 aliphatic carbocycles. The van der Waals surface area contributed by atoms with Gasteiger partial charge in [-0.25, -0.2) is 0 Å². The maximum atomic E-state index is 11.6. The Morgan fingerprint density at radius 1 is 1.24 bits per heavy atom. The number of hydrogen-bond acceptors (Lipinski definition) is 3. The van der Waals surface area contributed by atoms with Crippen molar-refractivity contribution in [3.8, 4) is 0 Å². The molecule has 3 N–H and O–H groups in total. The highest BCUT2D eigenvalue weighted by molar-refractivity contribution is 5.81. The molecule has 0 saturated carbocycles. The second-order valence-corrected chi connectivity index (χ2v) is 5.15. The molecule has 0 aliphatic rings. The summed E-state index contributed by atoms with van der Waals surface area (Å²) in [5, 5.41) is 2.86. The molecule has 0 aromatic rings. The average Bonchev–Trinajstić information content (AvgIpc) is 2.21. The summed E-state index contributed by atoms with van der Waals surface area (Å²) in [5.74, 6) is 0.415. The Kier molecular flexibility index (Phi) is 9.09. The predicted octanol–water partition coefficient (Wildman–Crippen LogP) is 1.68. The molecule has 102 valence electrons. The van der Waals surface area contributed by atoms with Crippen molar-refractivity contribution in [2.45, 2.75) is 59.1 Å². The lowest BCUT2D eigenvalue weighted by molar-refractivity contribution is -0.122. The molecule has 0 saturated heterocycles. The zero-order valence-electron chi connectivity index (χ0n) is 11.7. The zero-order valence-corrected chi connectivity index (χ0v) is 11.7. The van der Waals surface area contributed by atoms with E-state index < -0.39 is 0 Å². The SMILES string of the molecule is CC(C)C[C@H](N)C(=O)NCCCCOC(C)C. The van der Waals surface area contributed by atoms with Gasteiger partial charge in [0.25, 0.3) is 0 Å². The standard InChI is InChI=1S/C13H28N2O2/c1-10(2)9-12(14)13(16)15-7-5-6-8-17-11(3)4/h10-12H,5-9,14H2,1-4H3,(H,15,16)/t12-/m0/s1. The average molecular weight is 244 g/mol. The van der Waals surface area contributed by atoms with Crippen LogP contribution in [0.5, 0.6) is 0 Å². The van der Waals surface area contributed by atoms with Crippen LogP contribution in [0.2, 0.25) is 0 Å². The highest BCUT2D eigenvalue weighted by atomic mass is 16.5. The van der Waals surface area contributed by atoms with E-state index in [0.717, 1.165) is 25.9 Å². The van der Waals surface area contributed by atoms with Gasteiger partial charge >= 0.3 is 0 Å². The van der Waals surface area contributed by atoms with Crippen LogP contribution < -0.4 is 11.1 Å². The van der Waals surface area contributed by atoms with Crippen LogP contribution >= 0.6 is 0 Å². The van der Waals surface area contributed by atoms with Gasteiger partial charge in [-0.1, -0.05) is 13.8 Å². The van der Waals surface area contributed by atoms with Crippen LogP contribution in [0.25, 0.3) is 0 Å². The molecule has 1 atom stereocenters. The Morgan fingerprint density at radius 2 is 1.88 bits per heavy atom. The van der Waals surface area contributed by atoms with Crippen molar-refractivity contribution in [3.05, 3.63) is 0 Å². The first kappa shape index (κ1) is 16.4. The van der Waals surface area contributed by atoms with Gasteiger partial charge in [-0.2, -0.15) is 0 Å². The van der Waals surface area contributed by atoms with Gasteiger partial charge in [-0.15, -0.1) is 0 Å². The summed E-state index contributed by atoms with van der Waals surface area (Å²) < 4.78 is 5.41. The van der Waals surface area contributed by atoms with Crippen LogP contribution in [-0.4, -0.2) is 31.2 Å². The molecule has 0 aromatic carbocycles. The maximum Gasteiger partial charge on any atom is 0.236 e. The van der Waals surface area contributed by atoms with Crippen LogP contribution in [0, 0.1) is 5.92 Å². The number of hydrogen-bond donors (Lipinski definition) is 2. The van der Waals surface area contributed by atoms with E-state index >= 15 is 0 Å². The lowest BCUT2D eigenvalue weighted by atomic mass is 10.0. The number of ether oxygens (including phenoxy) is 1. The lowest BCUT2D eigenvalue weighted by Gasteiger charge is -2.14. The van der Waals surface area contributed by atoms with E-state index in [0.29, 0.717) is 12.5 Å². The van der Waals surface area contributed by atoms with Gasteiger partial charge in [0.1, 0.15) is 0 Å². The number of nitrogens with one attached hydrogen (secondary N) is 1. The molecule has 0 aromatic heterocycles. The Morgan fingerprint density at radius 3 is 2.41 bits per heavy atom. The van der Waals surface area contributed by atoms with E-state index in [1.54, 1.807) is 0 Å². The maximum absolute atomic E-state index is 11.6. The van der Waals surface area contributed by atoms with E-state index in [1.807, 2.05) is 13.8 Å². The molecule has 0 spiro atoms. The minimum Gasteiger partial charge on any atom is -0.379 e. The molecular weight excluding hydrogens is 216 g/mol. The second kappa shape index (κ2) is 9.42. The van der Waals surface area contributed by atoms with E-state index in [-0.39, 0.29) is 18.1 Å². The minimum absolute atomic E-state index is 0.0384. The Bertz CT molecular complexity index is 206. The topological polar surface area (TPSA) is 64.4 Å². The lowest BCUT2D eigenvalue weighted by Crippen LogP contribution is -2.41. The molecule has 17 heavy (non-hydrogen) atoms. The molecule has 4 heteroatoms. The van der Waals surface area contributed by atoms with Gasteiger partial charge in [0, 0.05) is 13.2 Å². The van der Waals surface area contributed by atoms with Gasteiger partial charge in [0.2, 0.25) is 5.91 Å². The largest absolute Gasteiger partial charge is 0.379 e. The number of carbonyl (C=O) groups is 1. The van der Waals surface area contributed by atoms with Crippen LogP contribution in [0.15, 0.2) is 0 Å². The summed E-state index contributed by atoms with van der Waals surface area (Å²) in [6.07, 6.45) is 2.93. The number of nitrogens with two attached hydrogens (primary N) is 1. The van der Waals surface area contributed by atoms with Crippen molar-refractivity contribution in [3.63, 3.8) is 0 Å². The van der Waals surface area contributed by atoms with Gasteiger partial charge in [0.15, 0.2) is 0 Å². The first-order chi connectivity index (χ1) is 7.93. The van der Waals surface area contributed by atoms with Crippen LogP contribution in [0.1, 0.15) is 47.0 Å². The molecule has 0 heterocycles. The number of rotatable bonds is 9. The van der Waals surface area contributed by atoms with Crippen molar-refractivity contribution in [2.75, 3.05) is 13.2 Å². The van der Waals surface area contributed by atoms with Crippen molar-refractivity contribution >= 4 is 5.91 Å². The summed E-state index contributed by atoms with van der Waals surface area (Å²) in [4.78, 5) is 11.6. The summed E-state index contributed by atoms with van der Waals surface area (Å²) in [7, 11) is 0. The number of carbonyl (C=O) groups excluding carboxylic acids is 1. The van der Waals surface area contributed by atoms with Crippen molar-refractivity contribution in [2.24, 2.45) is 11.7 Å². The zero-order chi connectivity index (χ0) is 13.3. The fourth-order valence-corrected chi connectivity index (χ4v) is 1.50. The fourth-order valence-electron chi connectivity index (χ4n) is 1.50. The Hall–Kier alpha value is -0.610. The van der Waals surface area contributed by atoms with Crippen LogP contribution in [0.4, 0.5) is 0 Å². The fraction of sp³-hybridized carbons (Fsp3) is 0.923. The molecular formula is C13H28N2O2. The van der Waals surface area contributed by atoms with E-state index in [1.165, 1.54) is 0 Å². The summed E-state index contributed by atoms with van der Waals surface area (Å²) in [6, 6.07) is -0.373. The third-order valence-electron chi connectivity index (χ3n) is 2.38. The van der Waals surface area contributed by atoms with E-state index in [4.69, 9.17) is 10.5 Å². The molecule has 0 fully saturated rings. The van der Waals surface area contributed by atoms with Gasteiger partial charge in [0.05, 0.1) is 12.1 Å². The molecule has 0 unspecified atom stereocenters. The molecule has 0 radical (unpaired) electrons.